The van der Waals surface area contributed by atoms with Crippen LogP contribution in [0.5, 0.6) is 0 Å². The lowest BCUT2D eigenvalue weighted by Crippen LogP contribution is -2.28. The van der Waals surface area contributed by atoms with Gasteiger partial charge in [-0.1, -0.05) is 41.6 Å². The third kappa shape index (κ3) is 4.58. The number of carbonyl (C=O) groups excluding carboxylic acids is 1. The van der Waals surface area contributed by atoms with Gasteiger partial charge in [0.25, 0.3) is 0 Å². The summed E-state index contributed by atoms with van der Waals surface area (Å²) in [5.41, 5.74) is 1.74. The zero-order chi connectivity index (χ0) is 20.9. The topological polar surface area (TPSA) is 64.2 Å². The van der Waals surface area contributed by atoms with Crippen molar-refractivity contribution in [2.45, 2.75) is 11.7 Å². The predicted molar refractivity (Wildman–Crippen MR) is 119 cm³/mol. The number of amides is 1. The minimum absolute atomic E-state index is 0.0215. The summed E-state index contributed by atoms with van der Waals surface area (Å²) in [5, 5.41) is 9.99. The standard InChI is InChI=1S/C22H19ClN4O2S/c1-26(18-6-3-2-4-7-18)20(28)15-30-22-25-24-21(16-9-11-17(23)12-10-16)27(22)14-19-8-5-13-29-19/h2-13H,14-15H2,1H3. The summed E-state index contributed by atoms with van der Waals surface area (Å²) < 4.78 is 7.46. The van der Waals surface area contributed by atoms with E-state index < -0.39 is 0 Å². The third-order valence-electron chi connectivity index (χ3n) is 4.56. The lowest BCUT2D eigenvalue weighted by Gasteiger charge is -2.17. The van der Waals surface area contributed by atoms with Crippen molar-refractivity contribution in [3.05, 3.63) is 83.8 Å². The fourth-order valence-electron chi connectivity index (χ4n) is 2.93. The van der Waals surface area contributed by atoms with E-state index in [4.69, 9.17) is 16.0 Å². The van der Waals surface area contributed by atoms with Gasteiger partial charge in [-0.15, -0.1) is 10.2 Å². The summed E-state index contributed by atoms with van der Waals surface area (Å²) in [6.45, 7) is 0.461. The van der Waals surface area contributed by atoms with Crippen LogP contribution in [0.25, 0.3) is 11.4 Å². The van der Waals surface area contributed by atoms with E-state index in [1.165, 1.54) is 11.8 Å². The van der Waals surface area contributed by atoms with E-state index in [2.05, 4.69) is 10.2 Å². The molecule has 1 amide bonds. The zero-order valence-electron chi connectivity index (χ0n) is 16.2. The Bertz CT molecular complexity index is 1110. The van der Waals surface area contributed by atoms with Crippen LogP contribution in [-0.2, 0) is 11.3 Å². The molecule has 30 heavy (non-hydrogen) atoms. The highest BCUT2D eigenvalue weighted by Crippen LogP contribution is 2.27. The molecule has 0 saturated heterocycles. The van der Waals surface area contributed by atoms with Crippen LogP contribution in [0.2, 0.25) is 5.02 Å². The fourth-order valence-corrected chi connectivity index (χ4v) is 3.91. The van der Waals surface area contributed by atoms with Crippen LogP contribution in [0.4, 0.5) is 5.69 Å². The van der Waals surface area contributed by atoms with Crippen molar-refractivity contribution in [3.8, 4) is 11.4 Å². The second-order valence-corrected chi connectivity index (χ2v) is 7.93. The van der Waals surface area contributed by atoms with Crippen LogP contribution < -0.4 is 4.90 Å². The number of rotatable bonds is 7. The van der Waals surface area contributed by atoms with Crippen molar-refractivity contribution in [1.82, 2.24) is 14.8 Å². The zero-order valence-corrected chi connectivity index (χ0v) is 17.8. The van der Waals surface area contributed by atoms with E-state index in [0.717, 1.165) is 17.0 Å². The van der Waals surface area contributed by atoms with Crippen LogP contribution in [-0.4, -0.2) is 33.5 Å². The van der Waals surface area contributed by atoms with Gasteiger partial charge in [0.05, 0.1) is 18.6 Å². The van der Waals surface area contributed by atoms with E-state index in [1.807, 2.05) is 71.3 Å². The number of anilines is 1. The smallest absolute Gasteiger partial charge is 0.237 e. The summed E-state index contributed by atoms with van der Waals surface area (Å²) in [6.07, 6.45) is 1.63. The van der Waals surface area contributed by atoms with Gasteiger partial charge >= 0.3 is 0 Å². The van der Waals surface area contributed by atoms with Gasteiger partial charge in [-0.2, -0.15) is 0 Å². The van der Waals surface area contributed by atoms with Gasteiger partial charge in [0.2, 0.25) is 5.91 Å². The Morgan fingerprint density at radius 1 is 1.07 bits per heavy atom. The number of aromatic nitrogens is 3. The second kappa shape index (κ2) is 9.19. The Morgan fingerprint density at radius 3 is 2.53 bits per heavy atom. The summed E-state index contributed by atoms with van der Waals surface area (Å²) >= 11 is 7.37. The average molecular weight is 439 g/mol. The first-order valence-electron chi connectivity index (χ1n) is 9.28. The van der Waals surface area contributed by atoms with Gasteiger partial charge in [0.1, 0.15) is 5.76 Å². The van der Waals surface area contributed by atoms with Crippen molar-refractivity contribution < 1.29 is 9.21 Å². The van der Waals surface area contributed by atoms with Gasteiger partial charge in [0, 0.05) is 23.3 Å². The first-order chi connectivity index (χ1) is 14.6. The normalized spacial score (nSPS) is 10.9. The van der Waals surface area contributed by atoms with E-state index in [-0.39, 0.29) is 11.7 Å². The van der Waals surface area contributed by atoms with E-state index in [1.54, 1.807) is 18.2 Å². The third-order valence-corrected chi connectivity index (χ3v) is 5.76. The van der Waals surface area contributed by atoms with Crippen molar-refractivity contribution in [3.63, 3.8) is 0 Å². The van der Waals surface area contributed by atoms with Crippen LogP contribution in [0, 0.1) is 0 Å². The Balaban J connectivity index is 1.56. The lowest BCUT2D eigenvalue weighted by atomic mass is 10.2. The molecule has 0 N–H and O–H groups in total. The number of hydrogen-bond donors (Lipinski definition) is 0. The molecule has 4 rings (SSSR count). The summed E-state index contributed by atoms with van der Waals surface area (Å²) in [6, 6.07) is 20.7. The highest BCUT2D eigenvalue weighted by molar-refractivity contribution is 7.99. The molecule has 2 heterocycles. The van der Waals surface area contributed by atoms with Crippen LogP contribution >= 0.6 is 23.4 Å². The van der Waals surface area contributed by atoms with E-state index >= 15 is 0 Å². The number of benzene rings is 2. The number of hydrogen-bond acceptors (Lipinski definition) is 5. The summed E-state index contributed by atoms with van der Waals surface area (Å²) in [4.78, 5) is 14.3. The fraction of sp³-hybridized carbons (Fsp3) is 0.136. The molecule has 0 radical (unpaired) electrons. The summed E-state index contributed by atoms with van der Waals surface area (Å²) in [7, 11) is 1.77. The molecule has 0 saturated carbocycles. The number of carbonyl (C=O) groups is 1. The van der Waals surface area contributed by atoms with Crippen LogP contribution in [0.15, 0.2) is 82.6 Å². The molecule has 8 heteroatoms. The molecule has 0 aliphatic rings. The van der Waals surface area contributed by atoms with Crippen LogP contribution in [0.3, 0.4) is 0 Å². The molecular formula is C22H19ClN4O2S. The van der Waals surface area contributed by atoms with Gasteiger partial charge in [-0.05, 0) is 48.5 Å². The SMILES string of the molecule is CN(C(=O)CSc1nnc(-c2ccc(Cl)cc2)n1Cc1ccco1)c1ccccc1. The molecule has 0 atom stereocenters. The lowest BCUT2D eigenvalue weighted by molar-refractivity contribution is -0.115. The molecule has 6 nitrogen and oxygen atoms in total. The number of furan rings is 1. The molecule has 0 unspecified atom stereocenters. The van der Waals surface area contributed by atoms with Crippen molar-refractivity contribution in [1.29, 1.82) is 0 Å². The minimum Gasteiger partial charge on any atom is -0.467 e. The Kier molecular flexibility index (Phi) is 6.21. The Hall–Kier alpha value is -3.03. The first-order valence-corrected chi connectivity index (χ1v) is 10.6. The Morgan fingerprint density at radius 2 is 1.83 bits per heavy atom. The molecule has 152 valence electrons. The molecule has 0 fully saturated rings. The molecular weight excluding hydrogens is 420 g/mol. The Labute approximate surface area is 183 Å². The predicted octanol–water partition coefficient (Wildman–Crippen LogP) is 4.99. The van der Waals surface area contributed by atoms with Gasteiger partial charge in [-0.3, -0.25) is 9.36 Å². The molecule has 4 aromatic rings. The summed E-state index contributed by atoms with van der Waals surface area (Å²) in [5.74, 6) is 1.68. The highest BCUT2D eigenvalue weighted by atomic mass is 35.5. The molecule has 0 aliphatic carbocycles. The molecule has 0 bridgehead atoms. The highest BCUT2D eigenvalue weighted by Gasteiger charge is 2.18. The largest absolute Gasteiger partial charge is 0.467 e. The van der Waals surface area contributed by atoms with Crippen molar-refractivity contribution >= 4 is 35.0 Å². The molecule has 2 aromatic heterocycles. The average Bonchev–Trinajstić information content (AvgIpc) is 3.43. The van der Waals surface area contributed by atoms with Crippen LogP contribution in [0.1, 0.15) is 5.76 Å². The quantitative estimate of drug-likeness (QED) is 0.380. The number of halogens is 1. The molecule has 0 spiro atoms. The monoisotopic (exact) mass is 438 g/mol. The number of para-hydroxylation sites is 1. The van der Waals surface area contributed by atoms with Crippen molar-refractivity contribution in [2.75, 3.05) is 17.7 Å². The van der Waals surface area contributed by atoms with Gasteiger partial charge < -0.3 is 9.32 Å². The molecule has 0 aliphatic heterocycles. The molecule has 2 aromatic carbocycles. The maximum absolute atomic E-state index is 12.7. The first kappa shape index (κ1) is 20.3. The van der Waals surface area contributed by atoms with Gasteiger partial charge in [0.15, 0.2) is 11.0 Å². The van der Waals surface area contributed by atoms with E-state index in [9.17, 15) is 4.79 Å². The maximum Gasteiger partial charge on any atom is 0.237 e. The van der Waals surface area contributed by atoms with Crippen molar-refractivity contribution in [2.24, 2.45) is 0 Å². The second-order valence-electron chi connectivity index (χ2n) is 6.56. The van der Waals surface area contributed by atoms with E-state index in [0.29, 0.717) is 22.5 Å². The maximum atomic E-state index is 12.7. The number of nitrogens with zero attached hydrogens (tertiary/aromatic N) is 4. The minimum atomic E-state index is -0.0215. The van der Waals surface area contributed by atoms with Gasteiger partial charge in [-0.25, -0.2) is 0 Å². The number of thioether (sulfide) groups is 1.